The quantitative estimate of drug-likeness (QED) is 0.719. The third-order valence-electron chi connectivity index (χ3n) is 7.13. The third kappa shape index (κ3) is 0.260. The van der Waals surface area contributed by atoms with E-state index in [2.05, 4.69) is 13.8 Å². The van der Waals surface area contributed by atoms with Crippen molar-refractivity contribution >= 4 is 0 Å². The van der Waals surface area contributed by atoms with Crippen molar-refractivity contribution in [2.75, 3.05) is 13.2 Å². The van der Waals surface area contributed by atoms with Gasteiger partial charge in [0, 0.05) is 18.6 Å². The van der Waals surface area contributed by atoms with Gasteiger partial charge in [0.25, 0.3) is 0 Å². The molecule has 2 heteroatoms. The van der Waals surface area contributed by atoms with Gasteiger partial charge >= 0.3 is 0 Å². The third-order valence-corrected chi connectivity index (χ3v) is 7.13. The van der Waals surface area contributed by atoms with Gasteiger partial charge in [0.1, 0.15) is 0 Å². The van der Waals surface area contributed by atoms with Crippen LogP contribution in [-0.2, 0) is 4.74 Å². The molecule has 6 aliphatic carbocycles. The highest BCUT2D eigenvalue weighted by Gasteiger charge is 3.14. The number of aliphatic hydroxyl groups is 1. The number of aliphatic hydroxyl groups excluding tert-OH is 1. The smallest absolute Gasteiger partial charge is 0.0789 e. The van der Waals surface area contributed by atoms with Crippen LogP contribution in [-0.4, -0.2) is 23.9 Å². The van der Waals surface area contributed by atoms with Crippen LogP contribution in [0, 0.1) is 40.4 Å². The summed E-state index contributed by atoms with van der Waals surface area (Å²) in [7, 11) is 0. The molecule has 0 saturated heterocycles. The number of rotatable bonds is 3. The summed E-state index contributed by atoms with van der Waals surface area (Å²) in [6, 6.07) is 0. The van der Waals surface area contributed by atoms with Crippen molar-refractivity contribution in [1.29, 1.82) is 0 Å². The Kier molecular flexibility index (Phi) is 0.735. The van der Waals surface area contributed by atoms with E-state index in [-0.39, 0.29) is 0 Å². The Hall–Kier alpha value is -0.0800. The average Bonchev–Trinajstić information content (AvgIpc) is 2.18. The average molecular weight is 192 g/mol. The minimum Gasteiger partial charge on any atom is -0.396 e. The van der Waals surface area contributed by atoms with Crippen molar-refractivity contribution < 1.29 is 9.84 Å². The monoisotopic (exact) mass is 192 g/mol. The fourth-order valence-electron chi connectivity index (χ4n) is 7.26. The SMILES string of the molecule is CCOC12C3C4C1C1(C)C2C3C41CO. The van der Waals surface area contributed by atoms with E-state index in [0.717, 1.165) is 36.2 Å². The molecule has 2 nitrogen and oxygen atoms in total. The molecule has 0 aliphatic heterocycles. The van der Waals surface area contributed by atoms with Gasteiger partial charge in [0.15, 0.2) is 0 Å². The first-order valence-corrected chi connectivity index (χ1v) is 5.97. The first-order chi connectivity index (χ1) is 6.73. The Balaban J connectivity index is 1.61. The molecule has 0 amide bonds. The van der Waals surface area contributed by atoms with Crippen molar-refractivity contribution in [1.82, 2.24) is 0 Å². The summed E-state index contributed by atoms with van der Waals surface area (Å²) in [5, 5.41) is 9.56. The standard InChI is InChI=1S/C12H16O2/c1-3-14-12-5-6-8(12)10(2)9(12)7(5)11(6,10)4-13/h5-9,13H,3-4H2,1-2H3. The molecule has 76 valence electrons. The first-order valence-electron chi connectivity index (χ1n) is 5.97. The van der Waals surface area contributed by atoms with Gasteiger partial charge in [-0.2, -0.15) is 0 Å². The number of ether oxygens (including phenoxy) is 1. The van der Waals surface area contributed by atoms with E-state index in [4.69, 9.17) is 4.74 Å². The van der Waals surface area contributed by atoms with E-state index in [1.165, 1.54) is 0 Å². The topological polar surface area (TPSA) is 29.5 Å². The molecule has 6 fully saturated rings. The highest BCUT2D eigenvalue weighted by molar-refractivity contribution is 5.61. The van der Waals surface area contributed by atoms with Crippen LogP contribution in [0.4, 0.5) is 0 Å². The molecule has 0 aromatic carbocycles. The van der Waals surface area contributed by atoms with Crippen LogP contribution in [0.5, 0.6) is 0 Å². The highest BCUT2D eigenvalue weighted by Crippen LogP contribution is 3.12. The van der Waals surface area contributed by atoms with Gasteiger partial charge in [0.2, 0.25) is 0 Å². The molecule has 0 aromatic heterocycles. The molecule has 0 bridgehead atoms. The van der Waals surface area contributed by atoms with Crippen molar-refractivity contribution in [3.8, 4) is 0 Å². The zero-order valence-electron chi connectivity index (χ0n) is 8.66. The molecule has 6 saturated carbocycles. The van der Waals surface area contributed by atoms with E-state index in [0.29, 0.717) is 23.0 Å². The Morgan fingerprint density at radius 1 is 1.21 bits per heavy atom. The zero-order valence-corrected chi connectivity index (χ0v) is 8.66. The molecule has 0 spiro atoms. The molecule has 14 heavy (non-hydrogen) atoms. The van der Waals surface area contributed by atoms with Crippen molar-refractivity contribution in [2.24, 2.45) is 40.4 Å². The summed E-state index contributed by atoms with van der Waals surface area (Å²) in [6.45, 7) is 5.85. The summed E-state index contributed by atoms with van der Waals surface area (Å²) in [4.78, 5) is 0. The minimum absolute atomic E-state index is 0.343. The van der Waals surface area contributed by atoms with Crippen LogP contribution in [0.3, 0.4) is 0 Å². The largest absolute Gasteiger partial charge is 0.396 e. The number of hydrogen-bond acceptors (Lipinski definition) is 2. The molecule has 0 aromatic rings. The van der Waals surface area contributed by atoms with E-state index >= 15 is 0 Å². The molecule has 4 unspecified atom stereocenters. The molecule has 0 radical (unpaired) electrons. The van der Waals surface area contributed by atoms with Crippen LogP contribution >= 0.6 is 0 Å². The first kappa shape index (κ1) is 7.24. The van der Waals surface area contributed by atoms with E-state index in [1.54, 1.807) is 0 Å². The van der Waals surface area contributed by atoms with Crippen LogP contribution in [0.25, 0.3) is 0 Å². The Morgan fingerprint density at radius 2 is 1.86 bits per heavy atom. The van der Waals surface area contributed by atoms with Gasteiger partial charge in [-0.15, -0.1) is 0 Å². The van der Waals surface area contributed by atoms with Gasteiger partial charge in [-0.3, -0.25) is 0 Å². The highest BCUT2D eigenvalue weighted by atomic mass is 16.5. The van der Waals surface area contributed by atoms with Gasteiger partial charge in [-0.1, -0.05) is 6.92 Å². The Bertz CT molecular complexity index is 349. The molecular formula is C12H16O2. The molecule has 6 rings (SSSR count). The maximum atomic E-state index is 9.56. The maximum Gasteiger partial charge on any atom is 0.0789 e. The molecule has 4 atom stereocenters. The predicted octanol–water partition coefficient (Wildman–Crippen LogP) is 0.896. The summed E-state index contributed by atoms with van der Waals surface area (Å²) >= 11 is 0. The summed E-state index contributed by atoms with van der Waals surface area (Å²) in [5.74, 6) is 4.26. The Morgan fingerprint density at radius 3 is 2.29 bits per heavy atom. The van der Waals surface area contributed by atoms with Crippen LogP contribution in [0.2, 0.25) is 0 Å². The van der Waals surface area contributed by atoms with Gasteiger partial charge in [-0.25, -0.2) is 0 Å². The lowest BCUT2D eigenvalue weighted by molar-refractivity contribution is -0.704. The van der Waals surface area contributed by atoms with Crippen LogP contribution in [0.1, 0.15) is 13.8 Å². The summed E-state index contributed by atoms with van der Waals surface area (Å²) in [6.07, 6.45) is 0. The van der Waals surface area contributed by atoms with Crippen molar-refractivity contribution in [3.05, 3.63) is 0 Å². The zero-order chi connectivity index (χ0) is 9.51. The second kappa shape index (κ2) is 1.42. The molecular weight excluding hydrogens is 176 g/mol. The molecule has 6 aliphatic rings. The second-order valence-electron chi connectivity index (χ2n) is 6.30. The van der Waals surface area contributed by atoms with Crippen molar-refractivity contribution in [3.63, 3.8) is 0 Å². The maximum absolute atomic E-state index is 9.56. The Labute approximate surface area is 83.6 Å². The molecule has 0 heterocycles. The normalized spacial score (nSPS) is 82.9. The minimum atomic E-state index is 0.343. The van der Waals surface area contributed by atoms with Gasteiger partial charge < -0.3 is 9.84 Å². The second-order valence-corrected chi connectivity index (χ2v) is 6.30. The lowest BCUT2D eigenvalue weighted by Crippen LogP contribution is -3.17. The van der Waals surface area contributed by atoms with E-state index in [9.17, 15) is 5.11 Å². The lowest BCUT2D eigenvalue weighted by atomic mass is 8.90. The van der Waals surface area contributed by atoms with Gasteiger partial charge in [-0.05, 0) is 41.9 Å². The molecule has 1 N–H and O–H groups in total. The summed E-state index contributed by atoms with van der Waals surface area (Å²) in [5.41, 5.74) is 1.24. The van der Waals surface area contributed by atoms with Crippen molar-refractivity contribution in [2.45, 2.75) is 19.4 Å². The predicted molar refractivity (Wildman–Crippen MR) is 49.4 cm³/mol. The van der Waals surface area contributed by atoms with Crippen LogP contribution < -0.4 is 0 Å². The summed E-state index contributed by atoms with van der Waals surface area (Å²) < 4.78 is 6.02. The number of hydrogen-bond donors (Lipinski definition) is 1. The lowest BCUT2D eigenvalue weighted by Gasteiger charge is -3.14. The van der Waals surface area contributed by atoms with E-state index < -0.39 is 0 Å². The fraction of sp³-hybridized carbons (Fsp3) is 1.00. The van der Waals surface area contributed by atoms with E-state index in [1.807, 2.05) is 0 Å². The fourth-order valence-corrected chi connectivity index (χ4v) is 7.26. The van der Waals surface area contributed by atoms with Crippen LogP contribution in [0.15, 0.2) is 0 Å². The van der Waals surface area contributed by atoms with Gasteiger partial charge in [0.05, 0.1) is 5.60 Å².